The number of aromatic nitrogens is 3. The van der Waals surface area contributed by atoms with Crippen LogP contribution in [-0.2, 0) is 6.54 Å². The molecule has 0 aliphatic heterocycles. The molecule has 0 amide bonds. The molecule has 0 saturated carbocycles. The summed E-state index contributed by atoms with van der Waals surface area (Å²) in [6.45, 7) is -0.0252. The maximum Gasteiger partial charge on any atom is 0.327 e. The minimum Gasteiger partial charge on any atom is -0.298 e. The number of rotatable bonds is 2. The molecule has 1 N–H and O–H groups in total. The summed E-state index contributed by atoms with van der Waals surface area (Å²) in [7, 11) is 0. The summed E-state index contributed by atoms with van der Waals surface area (Å²) in [6, 6.07) is 7.13. The Hall–Kier alpha value is -2.26. The monoisotopic (exact) mass is 244 g/mol. The zero-order valence-corrected chi connectivity index (χ0v) is 9.57. The Labute approximate surface area is 102 Å². The molecule has 0 bridgehead atoms. The average molecular weight is 244 g/mol. The largest absolute Gasteiger partial charge is 0.327 e. The Morgan fingerprint density at radius 3 is 2.82 bits per heavy atom. The fraction of sp³-hybridized carbons (Fsp3) is 0.0909. The number of hydrogen-bond acceptors (Lipinski definition) is 4. The van der Waals surface area contributed by atoms with E-state index < -0.39 is 0 Å². The molecule has 2 aromatic rings. The zero-order valence-electron chi connectivity index (χ0n) is 8.75. The number of aromatic amines is 1. The highest BCUT2D eigenvalue weighted by Gasteiger charge is 2.06. The molecular formula is C11H8N4OS. The fourth-order valence-corrected chi connectivity index (χ4v) is 1.71. The first-order valence-corrected chi connectivity index (χ1v) is 5.24. The Bertz CT molecular complexity index is 681. The molecular weight excluding hydrogens is 236 g/mol. The molecule has 0 fully saturated rings. The fourth-order valence-electron chi connectivity index (χ4n) is 1.51. The highest BCUT2D eigenvalue weighted by molar-refractivity contribution is 7.71. The maximum absolute atomic E-state index is 11.7. The molecule has 0 aliphatic carbocycles. The molecule has 0 aromatic carbocycles. The predicted molar refractivity (Wildman–Crippen MR) is 64.7 cm³/mol. The van der Waals surface area contributed by atoms with Crippen LogP contribution in [0.4, 0.5) is 0 Å². The van der Waals surface area contributed by atoms with Crippen molar-refractivity contribution in [2.45, 2.75) is 6.54 Å². The Balaban J connectivity index is 2.73. The van der Waals surface area contributed by atoms with Gasteiger partial charge in [-0.2, -0.15) is 5.26 Å². The maximum atomic E-state index is 11.7. The Morgan fingerprint density at radius 2 is 2.18 bits per heavy atom. The Kier molecular flexibility index (Phi) is 3.12. The van der Waals surface area contributed by atoms with Crippen LogP contribution >= 0.6 is 12.2 Å². The minimum atomic E-state index is -0.383. The van der Waals surface area contributed by atoms with E-state index in [0.29, 0.717) is 10.3 Å². The number of H-pyrrole nitrogens is 1. The molecule has 2 rings (SSSR count). The molecule has 2 aromatic heterocycles. The second-order valence-electron chi connectivity index (χ2n) is 3.30. The first kappa shape index (κ1) is 11.2. The quantitative estimate of drug-likeness (QED) is 0.812. The lowest BCUT2D eigenvalue weighted by molar-refractivity contribution is 0.757. The predicted octanol–water partition coefficient (Wildman–Crippen LogP) is 1.49. The van der Waals surface area contributed by atoms with Crippen molar-refractivity contribution in [1.82, 2.24) is 14.5 Å². The second kappa shape index (κ2) is 4.72. The van der Waals surface area contributed by atoms with Crippen molar-refractivity contribution in [3.63, 3.8) is 0 Å². The summed E-state index contributed by atoms with van der Waals surface area (Å²) in [4.78, 5) is 18.1. The van der Waals surface area contributed by atoms with E-state index in [-0.39, 0.29) is 12.2 Å². The summed E-state index contributed by atoms with van der Waals surface area (Å²) in [5.74, 6) is 0. The van der Waals surface area contributed by atoms with Crippen molar-refractivity contribution in [2.75, 3.05) is 0 Å². The number of pyridine rings is 1. The number of hydrogen-bond donors (Lipinski definition) is 1. The number of nitriles is 1. The van der Waals surface area contributed by atoms with Gasteiger partial charge in [0, 0.05) is 18.0 Å². The molecule has 2 heterocycles. The zero-order chi connectivity index (χ0) is 12.3. The summed E-state index contributed by atoms with van der Waals surface area (Å²) in [5, 5.41) is 8.72. The van der Waals surface area contributed by atoms with E-state index in [9.17, 15) is 4.79 Å². The first-order valence-electron chi connectivity index (χ1n) is 4.84. The molecule has 84 valence electrons. The van der Waals surface area contributed by atoms with E-state index in [0.717, 1.165) is 5.56 Å². The van der Waals surface area contributed by atoms with Crippen LogP contribution in [0.3, 0.4) is 0 Å². The molecule has 0 aliphatic rings. The third-order valence-electron chi connectivity index (χ3n) is 2.24. The Morgan fingerprint density at radius 1 is 1.47 bits per heavy atom. The van der Waals surface area contributed by atoms with E-state index in [1.165, 1.54) is 4.57 Å². The van der Waals surface area contributed by atoms with Gasteiger partial charge in [-0.25, -0.2) is 4.79 Å². The van der Waals surface area contributed by atoms with Gasteiger partial charge >= 0.3 is 5.69 Å². The van der Waals surface area contributed by atoms with Crippen molar-refractivity contribution in [3.05, 3.63) is 45.7 Å². The van der Waals surface area contributed by atoms with Gasteiger partial charge in [-0.15, -0.1) is 0 Å². The highest BCUT2D eigenvalue weighted by Crippen LogP contribution is 2.16. The van der Waals surface area contributed by atoms with E-state index in [1.807, 2.05) is 6.07 Å². The van der Waals surface area contributed by atoms with Gasteiger partial charge in [0.1, 0.15) is 11.2 Å². The van der Waals surface area contributed by atoms with Crippen LogP contribution in [-0.4, -0.2) is 14.5 Å². The second-order valence-corrected chi connectivity index (χ2v) is 3.74. The van der Waals surface area contributed by atoms with Crippen LogP contribution in [0.2, 0.25) is 0 Å². The van der Waals surface area contributed by atoms with E-state index in [1.54, 1.807) is 30.6 Å². The van der Waals surface area contributed by atoms with Gasteiger partial charge in [0.25, 0.3) is 0 Å². The van der Waals surface area contributed by atoms with Crippen LogP contribution in [0.5, 0.6) is 0 Å². The normalized spacial score (nSPS) is 9.82. The van der Waals surface area contributed by atoms with Gasteiger partial charge in [-0.1, -0.05) is 12.2 Å². The lowest BCUT2D eigenvalue weighted by Gasteiger charge is -2.08. The van der Waals surface area contributed by atoms with Crippen molar-refractivity contribution >= 4 is 12.2 Å². The summed E-state index contributed by atoms with van der Waals surface area (Å²) < 4.78 is 1.68. The van der Waals surface area contributed by atoms with Crippen molar-refractivity contribution < 1.29 is 0 Å². The van der Waals surface area contributed by atoms with Crippen LogP contribution < -0.4 is 5.69 Å². The molecule has 17 heavy (non-hydrogen) atoms. The van der Waals surface area contributed by atoms with Crippen LogP contribution in [0.15, 0.2) is 35.4 Å². The van der Waals surface area contributed by atoms with E-state index in [2.05, 4.69) is 9.97 Å². The summed E-state index contributed by atoms with van der Waals surface area (Å²) in [5.41, 5.74) is 1.03. The molecule has 0 atom stereocenters. The van der Waals surface area contributed by atoms with Gasteiger partial charge in [0.2, 0.25) is 0 Å². The lowest BCUT2D eigenvalue weighted by atomic mass is 10.2. The average Bonchev–Trinajstić information content (AvgIpc) is 2.33. The van der Waals surface area contributed by atoms with Gasteiger partial charge in [-0.3, -0.25) is 14.5 Å². The molecule has 0 saturated heterocycles. The minimum absolute atomic E-state index is 0.0252. The van der Waals surface area contributed by atoms with Gasteiger partial charge < -0.3 is 0 Å². The standard InChI is InChI=1S/C11H8N4OS/c12-3-6-15-9(7-10(17)14-11(15)16)8-1-4-13-5-2-8/h1-2,4-5,7H,6H2,(H,14,16,17). The van der Waals surface area contributed by atoms with E-state index in [4.69, 9.17) is 17.5 Å². The van der Waals surface area contributed by atoms with Gasteiger partial charge in [-0.05, 0) is 18.2 Å². The summed E-state index contributed by atoms with van der Waals surface area (Å²) in [6.07, 6.45) is 3.24. The summed E-state index contributed by atoms with van der Waals surface area (Å²) >= 11 is 4.96. The van der Waals surface area contributed by atoms with Gasteiger partial charge in [0.05, 0.1) is 11.8 Å². The molecule has 0 radical (unpaired) electrons. The number of nitrogens with zero attached hydrogens (tertiary/aromatic N) is 3. The molecule has 0 spiro atoms. The third kappa shape index (κ3) is 2.29. The van der Waals surface area contributed by atoms with Gasteiger partial charge in [0.15, 0.2) is 0 Å². The smallest absolute Gasteiger partial charge is 0.298 e. The highest BCUT2D eigenvalue weighted by atomic mass is 32.1. The third-order valence-corrected chi connectivity index (χ3v) is 2.46. The van der Waals surface area contributed by atoms with Crippen molar-refractivity contribution in [3.8, 4) is 17.3 Å². The van der Waals surface area contributed by atoms with E-state index >= 15 is 0 Å². The SMILES string of the molecule is N#CCn1c(-c2ccncc2)cc(=S)[nH]c1=O. The number of nitrogens with one attached hydrogen (secondary N) is 1. The van der Waals surface area contributed by atoms with Crippen LogP contribution in [0, 0.1) is 16.0 Å². The molecule has 6 heteroatoms. The molecule has 5 nitrogen and oxygen atoms in total. The first-order chi connectivity index (χ1) is 8.22. The van der Waals surface area contributed by atoms with Crippen LogP contribution in [0.1, 0.15) is 0 Å². The topological polar surface area (TPSA) is 74.5 Å². The molecule has 0 unspecified atom stereocenters. The lowest BCUT2D eigenvalue weighted by Crippen LogP contribution is -2.24. The van der Waals surface area contributed by atoms with Crippen LogP contribution in [0.25, 0.3) is 11.3 Å². The van der Waals surface area contributed by atoms with Crippen molar-refractivity contribution in [1.29, 1.82) is 5.26 Å². The van der Waals surface area contributed by atoms with Crippen molar-refractivity contribution in [2.24, 2.45) is 0 Å².